The van der Waals surface area contributed by atoms with Crippen molar-refractivity contribution in [3.05, 3.63) is 29.8 Å². The number of hydrazine groups is 1. The molecule has 2 N–H and O–H groups in total. The van der Waals surface area contributed by atoms with Gasteiger partial charge in [0.05, 0.1) is 18.2 Å². The molecule has 7 nitrogen and oxygen atoms in total. The predicted octanol–water partition coefficient (Wildman–Crippen LogP) is 1.14. The molecule has 0 aliphatic carbocycles. The van der Waals surface area contributed by atoms with Crippen LogP contribution in [0.25, 0.3) is 0 Å². The van der Waals surface area contributed by atoms with Gasteiger partial charge in [0.15, 0.2) is 5.78 Å². The first-order valence-electron chi connectivity index (χ1n) is 9.11. The largest absolute Gasteiger partial charge is 0.492 e. The summed E-state index contributed by atoms with van der Waals surface area (Å²) in [6, 6.07) is 6.91. The molecule has 26 heavy (non-hydrogen) atoms. The topological polar surface area (TPSA) is 79.9 Å². The molecule has 2 heterocycles. The first-order valence-corrected chi connectivity index (χ1v) is 9.11. The van der Waals surface area contributed by atoms with Crippen molar-refractivity contribution < 1.29 is 19.1 Å². The van der Waals surface area contributed by atoms with Gasteiger partial charge >= 0.3 is 0 Å². The minimum atomic E-state index is -0.260. The molecular weight excluding hydrogens is 334 g/mol. The summed E-state index contributed by atoms with van der Waals surface area (Å²) in [5, 5.41) is 0. The molecule has 1 aromatic carbocycles. The molecule has 4 atom stereocenters. The van der Waals surface area contributed by atoms with E-state index in [0.717, 1.165) is 0 Å². The smallest absolute Gasteiger partial charge is 0.241 e. The van der Waals surface area contributed by atoms with E-state index >= 15 is 0 Å². The van der Waals surface area contributed by atoms with Crippen molar-refractivity contribution in [2.75, 3.05) is 19.7 Å². The van der Waals surface area contributed by atoms with Gasteiger partial charge in [0.2, 0.25) is 5.91 Å². The van der Waals surface area contributed by atoms with E-state index in [2.05, 4.69) is 10.9 Å². The number of morpholine rings is 1. The summed E-state index contributed by atoms with van der Waals surface area (Å²) in [6.45, 7) is 7.18. The Balaban J connectivity index is 1.50. The van der Waals surface area contributed by atoms with Crippen LogP contribution in [0.3, 0.4) is 0 Å². The molecule has 0 radical (unpaired) electrons. The molecule has 0 saturated carbocycles. The maximum atomic E-state index is 12.7. The molecule has 3 rings (SSSR count). The van der Waals surface area contributed by atoms with Gasteiger partial charge in [0.25, 0.3) is 0 Å². The molecular formula is C19H27N3O4. The zero-order chi connectivity index (χ0) is 18.7. The zero-order valence-corrected chi connectivity index (χ0v) is 15.5. The van der Waals surface area contributed by atoms with Crippen LogP contribution in [0.15, 0.2) is 24.3 Å². The molecule has 0 spiro atoms. The van der Waals surface area contributed by atoms with Gasteiger partial charge in [-0.2, -0.15) is 0 Å². The van der Waals surface area contributed by atoms with E-state index in [1.807, 2.05) is 24.8 Å². The van der Waals surface area contributed by atoms with Gasteiger partial charge in [-0.05, 0) is 39.3 Å². The van der Waals surface area contributed by atoms with Crippen LogP contribution < -0.4 is 15.6 Å². The van der Waals surface area contributed by atoms with Crippen molar-refractivity contribution in [3.8, 4) is 5.75 Å². The summed E-state index contributed by atoms with van der Waals surface area (Å²) >= 11 is 0. The Hall–Kier alpha value is -1.96. The molecule has 0 aromatic heterocycles. The fraction of sp³-hybridized carbons (Fsp3) is 0.579. The Morgan fingerprint density at radius 3 is 2.65 bits per heavy atom. The van der Waals surface area contributed by atoms with Crippen molar-refractivity contribution in [2.45, 2.75) is 51.5 Å². The summed E-state index contributed by atoms with van der Waals surface area (Å²) in [7, 11) is 0. The number of ketones is 1. The van der Waals surface area contributed by atoms with Crippen LogP contribution in [0.1, 0.15) is 37.6 Å². The zero-order valence-electron chi connectivity index (χ0n) is 15.5. The van der Waals surface area contributed by atoms with Gasteiger partial charge in [-0.1, -0.05) is 12.1 Å². The van der Waals surface area contributed by atoms with Crippen LogP contribution in [0, 0.1) is 0 Å². The molecule has 1 aromatic rings. The number of carbonyl (C=O) groups excluding carboxylic acids is 2. The van der Waals surface area contributed by atoms with Crippen molar-refractivity contribution in [3.63, 3.8) is 0 Å². The fourth-order valence-corrected chi connectivity index (χ4v) is 3.47. The predicted molar refractivity (Wildman–Crippen MR) is 97.0 cm³/mol. The van der Waals surface area contributed by atoms with E-state index in [-0.39, 0.29) is 36.0 Å². The van der Waals surface area contributed by atoms with Gasteiger partial charge in [-0.25, -0.2) is 5.43 Å². The van der Waals surface area contributed by atoms with Gasteiger partial charge < -0.3 is 14.4 Å². The van der Waals surface area contributed by atoms with E-state index in [1.165, 1.54) is 6.92 Å². The Morgan fingerprint density at radius 2 is 1.96 bits per heavy atom. The van der Waals surface area contributed by atoms with Gasteiger partial charge in [0.1, 0.15) is 18.4 Å². The molecule has 7 heteroatoms. The van der Waals surface area contributed by atoms with E-state index in [9.17, 15) is 9.59 Å². The summed E-state index contributed by atoms with van der Waals surface area (Å²) in [6.07, 6.45) is 0.778. The molecule has 0 bridgehead atoms. The van der Waals surface area contributed by atoms with E-state index < -0.39 is 0 Å². The number of rotatable bonds is 5. The van der Waals surface area contributed by atoms with Crippen molar-refractivity contribution >= 4 is 11.7 Å². The lowest BCUT2D eigenvalue weighted by molar-refractivity contribution is -0.145. The van der Waals surface area contributed by atoms with Gasteiger partial charge in [0, 0.05) is 18.7 Å². The normalized spacial score (nSPS) is 28.8. The summed E-state index contributed by atoms with van der Waals surface area (Å²) in [5.41, 5.74) is 6.85. The minimum absolute atomic E-state index is 0.00994. The van der Waals surface area contributed by atoms with Gasteiger partial charge in [-0.3, -0.25) is 15.0 Å². The number of ether oxygens (including phenoxy) is 2. The van der Waals surface area contributed by atoms with E-state index in [0.29, 0.717) is 37.4 Å². The Kier molecular flexibility index (Phi) is 5.90. The molecule has 2 saturated heterocycles. The van der Waals surface area contributed by atoms with E-state index in [1.54, 1.807) is 18.2 Å². The number of nitrogens with one attached hydrogen (secondary N) is 2. The number of amides is 1. The van der Waals surface area contributed by atoms with Gasteiger partial charge in [-0.15, -0.1) is 0 Å². The molecule has 2 unspecified atom stereocenters. The number of carbonyl (C=O) groups is 2. The average Bonchev–Trinajstić information content (AvgIpc) is 3.07. The maximum Gasteiger partial charge on any atom is 0.241 e. The van der Waals surface area contributed by atoms with Crippen molar-refractivity contribution in [2.24, 2.45) is 0 Å². The number of Topliss-reactive ketones (excluding diaryl/α,β-unsaturated/α-hetero) is 1. The molecule has 2 aliphatic heterocycles. The highest BCUT2D eigenvalue weighted by Gasteiger charge is 2.35. The SMILES string of the molecule is CC(=O)c1cccc(OCC2CC(C(=O)N3C[C@@H](C)O[C@@H](C)C3)NN2)c1. The Labute approximate surface area is 154 Å². The minimum Gasteiger partial charge on any atom is -0.492 e. The summed E-state index contributed by atoms with van der Waals surface area (Å²) < 4.78 is 11.5. The monoisotopic (exact) mass is 361 g/mol. The first-order chi connectivity index (χ1) is 12.4. The number of hydrogen-bond donors (Lipinski definition) is 2. The Morgan fingerprint density at radius 1 is 1.23 bits per heavy atom. The molecule has 2 aliphatic rings. The van der Waals surface area contributed by atoms with Crippen molar-refractivity contribution in [1.29, 1.82) is 0 Å². The number of nitrogens with zero attached hydrogens (tertiary/aromatic N) is 1. The molecule has 2 fully saturated rings. The lowest BCUT2D eigenvalue weighted by Crippen LogP contribution is -2.53. The number of benzene rings is 1. The van der Waals surface area contributed by atoms with Crippen LogP contribution in [0.5, 0.6) is 5.75 Å². The second-order valence-corrected chi connectivity index (χ2v) is 7.17. The van der Waals surface area contributed by atoms with Crippen LogP contribution in [0.2, 0.25) is 0 Å². The highest BCUT2D eigenvalue weighted by Crippen LogP contribution is 2.17. The molecule has 1 amide bonds. The third-order valence-electron chi connectivity index (χ3n) is 4.70. The lowest BCUT2D eigenvalue weighted by atomic mass is 10.1. The van der Waals surface area contributed by atoms with Crippen LogP contribution >= 0.6 is 0 Å². The lowest BCUT2D eigenvalue weighted by Gasteiger charge is -2.36. The second-order valence-electron chi connectivity index (χ2n) is 7.17. The summed E-state index contributed by atoms with van der Waals surface area (Å²) in [5.74, 6) is 0.765. The third-order valence-corrected chi connectivity index (χ3v) is 4.70. The first kappa shape index (κ1) is 18.8. The van der Waals surface area contributed by atoms with Crippen LogP contribution in [-0.2, 0) is 9.53 Å². The summed E-state index contributed by atoms with van der Waals surface area (Å²) in [4.78, 5) is 26.0. The van der Waals surface area contributed by atoms with Crippen molar-refractivity contribution in [1.82, 2.24) is 15.8 Å². The highest BCUT2D eigenvalue weighted by atomic mass is 16.5. The maximum absolute atomic E-state index is 12.7. The average molecular weight is 361 g/mol. The van der Waals surface area contributed by atoms with Crippen LogP contribution in [-0.4, -0.2) is 60.6 Å². The fourth-order valence-electron chi connectivity index (χ4n) is 3.47. The second kappa shape index (κ2) is 8.16. The Bertz CT molecular complexity index is 656. The van der Waals surface area contributed by atoms with E-state index in [4.69, 9.17) is 9.47 Å². The standard InChI is InChI=1S/C19H27N3O4/c1-12-9-22(10-13(2)26-12)19(24)18-8-16(20-21-18)11-25-17-6-4-5-15(7-17)14(3)23/h4-7,12-13,16,18,20-21H,8-11H2,1-3H3/t12-,13+,16?,18?. The number of hydrogen-bond acceptors (Lipinski definition) is 6. The molecule has 142 valence electrons. The quantitative estimate of drug-likeness (QED) is 0.766. The third kappa shape index (κ3) is 4.60. The highest BCUT2D eigenvalue weighted by molar-refractivity contribution is 5.94. The van der Waals surface area contributed by atoms with Crippen LogP contribution in [0.4, 0.5) is 0 Å².